The van der Waals surface area contributed by atoms with Gasteiger partial charge in [-0.05, 0) is 31.5 Å². The zero-order valence-electron chi connectivity index (χ0n) is 12.6. The number of hydrogen-bond acceptors (Lipinski definition) is 3. The molecule has 4 nitrogen and oxygen atoms in total. The number of rotatable bonds is 5. The number of aromatic nitrogens is 1. The Balaban J connectivity index is 2.28. The minimum absolute atomic E-state index is 0.0706. The molecule has 0 aliphatic carbocycles. The molecule has 2 rings (SSSR count). The Hall–Kier alpha value is -2.36. The molecule has 0 aliphatic heterocycles. The van der Waals surface area contributed by atoms with Crippen molar-refractivity contribution in [3.8, 4) is 5.88 Å². The molecule has 1 aromatic carbocycles. The monoisotopic (exact) mass is 284 g/mol. The van der Waals surface area contributed by atoms with Gasteiger partial charge in [0.05, 0.1) is 7.11 Å². The van der Waals surface area contributed by atoms with Crippen molar-refractivity contribution < 1.29 is 9.53 Å². The summed E-state index contributed by atoms with van der Waals surface area (Å²) < 4.78 is 5.19. The molecule has 0 saturated heterocycles. The van der Waals surface area contributed by atoms with Crippen LogP contribution in [-0.2, 0) is 6.54 Å². The minimum Gasteiger partial charge on any atom is -0.480 e. The highest BCUT2D eigenvalue weighted by molar-refractivity contribution is 5.96. The fourth-order valence-electron chi connectivity index (χ4n) is 2.14. The summed E-state index contributed by atoms with van der Waals surface area (Å²) in [5.41, 5.74) is 1.59. The number of carbonyl (C=O) groups is 1. The summed E-state index contributed by atoms with van der Waals surface area (Å²) in [7, 11) is 1.52. The quantitative estimate of drug-likeness (QED) is 0.847. The smallest absolute Gasteiger partial charge is 0.259 e. The molecule has 0 atom stereocenters. The maximum atomic E-state index is 12.8. The Morgan fingerprint density at radius 1 is 1.19 bits per heavy atom. The van der Waals surface area contributed by atoms with Crippen molar-refractivity contribution >= 4 is 5.91 Å². The van der Waals surface area contributed by atoms with E-state index in [1.807, 2.05) is 49.1 Å². The van der Waals surface area contributed by atoms with E-state index in [1.54, 1.807) is 18.3 Å². The number of hydrogen-bond donors (Lipinski definition) is 0. The lowest BCUT2D eigenvalue weighted by atomic mass is 10.1. The molecular weight excluding hydrogens is 264 g/mol. The molecule has 0 spiro atoms. The van der Waals surface area contributed by atoms with Gasteiger partial charge in [0, 0.05) is 18.8 Å². The maximum absolute atomic E-state index is 12.8. The molecule has 21 heavy (non-hydrogen) atoms. The normalized spacial score (nSPS) is 10.5. The van der Waals surface area contributed by atoms with Crippen LogP contribution in [0, 0.1) is 0 Å². The molecule has 0 fully saturated rings. The third-order valence-electron chi connectivity index (χ3n) is 3.27. The van der Waals surface area contributed by atoms with Crippen LogP contribution in [0.2, 0.25) is 0 Å². The van der Waals surface area contributed by atoms with Crippen LogP contribution in [0.5, 0.6) is 5.88 Å². The summed E-state index contributed by atoms with van der Waals surface area (Å²) in [6.07, 6.45) is 1.62. The van der Waals surface area contributed by atoms with Gasteiger partial charge in [0.1, 0.15) is 5.56 Å². The van der Waals surface area contributed by atoms with E-state index in [9.17, 15) is 4.79 Å². The van der Waals surface area contributed by atoms with Gasteiger partial charge < -0.3 is 9.64 Å². The Bertz CT molecular complexity index is 597. The first kappa shape index (κ1) is 15.0. The average Bonchev–Trinajstić information content (AvgIpc) is 2.52. The molecule has 4 heteroatoms. The van der Waals surface area contributed by atoms with Crippen molar-refractivity contribution in [2.24, 2.45) is 0 Å². The molecule has 2 aromatic rings. The van der Waals surface area contributed by atoms with E-state index in [1.165, 1.54) is 7.11 Å². The SMILES string of the molecule is COc1ncccc1C(=O)N(Cc1ccccc1)C(C)C. The van der Waals surface area contributed by atoms with E-state index in [0.29, 0.717) is 18.0 Å². The van der Waals surface area contributed by atoms with Gasteiger partial charge >= 0.3 is 0 Å². The molecular formula is C17H20N2O2. The van der Waals surface area contributed by atoms with E-state index in [4.69, 9.17) is 4.74 Å². The molecule has 0 aliphatic rings. The summed E-state index contributed by atoms with van der Waals surface area (Å²) in [6.45, 7) is 4.57. The molecule has 0 radical (unpaired) electrons. The molecule has 1 heterocycles. The first-order valence-electron chi connectivity index (χ1n) is 6.97. The maximum Gasteiger partial charge on any atom is 0.259 e. The fraction of sp³-hybridized carbons (Fsp3) is 0.294. The van der Waals surface area contributed by atoms with E-state index in [0.717, 1.165) is 5.56 Å². The number of amides is 1. The summed E-state index contributed by atoms with van der Waals surface area (Å²) in [4.78, 5) is 18.7. The predicted octanol–water partition coefficient (Wildman–Crippen LogP) is 3.14. The average molecular weight is 284 g/mol. The van der Waals surface area contributed by atoms with Crippen molar-refractivity contribution in [2.45, 2.75) is 26.4 Å². The van der Waals surface area contributed by atoms with Gasteiger partial charge in [0.25, 0.3) is 5.91 Å². The van der Waals surface area contributed by atoms with Crippen LogP contribution in [-0.4, -0.2) is 28.9 Å². The van der Waals surface area contributed by atoms with Crippen LogP contribution in [0.25, 0.3) is 0 Å². The second-order valence-corrected chi connectivity index (χ2v) is 5.07. The summed E-state index contributed by atoms with van der Waals surface area (Å²) >= 11 is 0. The van der Waals surface area contributed by atoms with Crippen LogP contribution in [0.1, 0.15) is 29.8 Å². The van der Waals surface area contributed by atoms with Crippen molar-refractivity contribution in [1.82, 2.24) is 9.88 Å². The van der Waals surface area contributed by atoms with Crippen LogP contribution in [0.4, 0.5) is 0 Å². The largest absolute Gasteiger partial charge is 0.480 e. The third kappa shape index (κ3) is 3.60. The van der Waals surface area contributed by atoms with Gasteiger partial charge in [-0.25, -0.2) is 4.98 Å². The molecule has 1 amide bonds. The molecule has 1 aromatic heterocycles. The molecule has 0 saturated carbocycles. The number of ether oxygens (including phenoxy) is 1. The van der Waals surface area contributed by atoms with Crippen molar-refractivity contribution in [2.75, 3.05) is 7.11 Å². The van der Waals surface area contributed by atoms with E-state index in [-0.39, 0.29) is 11.9 Å². The number of benzene rings is 1. The number of nitrogens with zero attached hydrogens (tertiary/aromatic N) is 2. The van der Waals surface area contributed by atoms with Crippen molar-refractivity contribution in [3.05, 3.63) is 59.8 Å². The minimum atomic E-state index is -0.0706. The Kier molecular flexibility index (Phi) is 4.93. The third-order valence-corrected chi connectivity index (χ3v) is 3.27. The lowest BCUT2D eigenvalue weighted by Gasteiger charge is -2.27. The van der Waals surface area contributed by atoms with Gasteiger partial charge in [-0.2, -0.15) is 0 Å². The predicted molar refractivity (Wildman–Crippen MR) is 82.2 cm³/mol. The highest BCUT2D eigenvalue weighted by Crippen LogP contribution is 2.19. The molecule has 0 unspecified atom stereocenters. The van der Waals surface area contributed by atoms with Crippen LogP contribution in [0.3, 0.4) is 0 Å². The Morgan fingerprint density at radius 2 is 1.90 bits per heavy atom. The summed E-state index contributed by atoms with van der Waals surface area (Å²) in [5, 5.41) is 0. The van der Waals surface area contributed by atoms with Crippen LogP contribution >= 0.6 is 0 Å². The number of pyridine rings is 1. The summed E-state index contributed by atoms with van der Waals surface area (Å²) in [5.74, 6) is 0.292. The van der Waals surface area contributed by atoms with Gasteiger partial charge in [-0.3, -0.25) is 4.79 Å². The second-order valence-electron chi connectivity index (χ2n) is 5.07. The van der Waals surface area contributed by atoms with Gasteiger partial charge in [-0.1, -0.05) is 30.3 Å². The van der Waals surface area contributed by atoms with Crippen LogP contribution < -0.4 is 4.74 Å². The van der Waals surface area contributed by atoms with E-state index >= 15 is 0 Å². The zero-order chi connectivity index (χ0) is 15.2. The zero-order valence-corrected chi connectivity index (χ0v) is 12.6. The van der Waals surface area contributed by atoms with Gasteiger partial charge in [-0.15, -0.1) is 0 Å². The van der Waals surface area contributed by atoms with Crippen molar-refractivity contribution in [3.63, 3.8) is 0 Å². The van der Waals surface area contributed by atoms with Crippen LogP contribution in [0.15, 0.2) is 48.7 Å². The topological polar surface area (TPSA) is 42.4 Å². The van der Waals surface area contributed by atoms with E-state index < -0.39 is 0 Å². The highest BCUT2D eigenvalue weighted by Gasteiger charge is 2.22. The first-order valence-corrected chi connectivity index (χ1v) is 6.97. The second kappa shape index (κ2) is 6.88. The van der Waals surface area contributed by atoms with Gasteiger partial charge in [0.15, 0.2) is 0 Å². The lowest BCUT2D eigenvalue weighted by molar-refractivity contribution is 0.0686. The first-order chi connectivity index (χ1) is 10.1. The van der Waals surface area contributed by atoms with Gasteiger partial charge in [0.2, 0.25) is 5.88 Å². The molecule has 0 bridgehead atoms. The Labute approximate surface area is 125 Å². The summed E-state index contributed by atoms with van der Waals surface area (Å²) in [6, 6.07) is 13.5. The van der Waals surface area contributed by atoms with Crippen molar-refractivity contribution in [1.29, 1.82) is 0 Å². The number of methoxy groups -OCH3 is 1. The fourth-order valence-corrected chi connectivity index (χ4v) is 2.14. The Morgan fingerprint density at radius 3 is 2.52 bits per heavy atom. The molecule has 110 valence electrons. The molecule has 0 N–H and O–H groups in total. The highest BCUT2D eigenvalue weighted by atomic mass is 16.5. The standard InChI is InChI=1S/C17H20N2O2/c1-13(2)19(12-14-8-5-4-6-9-14)17(20)15-10-7-11-18-16(15)21-3/h4-11,13H,12H2,1-3H3. The number of carbonyl (C=O) groups excluding carboxylic acids is 1. The van der Waals surface area contributed by atoms with E-state index in [2.05, 4.69) is 4.98 Å². The lowest BCUT2D eigenvalue weighted by Crippen LogP contribution is -2.36.